The van der Waals surface area contributed by atoms with Gasteiger partial charge in [-0.3, -0.25) is 0 Å². The number of rotatable bonds is 6. The lowest BCUT2D eigenvalue weighted by molar-refractivity contribution is -0.131. The number of benzene rings is 1. The standard InChI is InChI=1S/C13H14O4/c1-3-8-17-12-9-11(16-2)6-4-10(12)5-7-13(14)15/h3-7,9H,1,8H2,2H3,(H,14,15). The van der Waals surface area contributed by atoms with Gasteiger partial charge in [-0.05, 0) is 18.2 Å². The summed E-state index contributed by atoms with van der Waals surface area (Å²) in [4.78, 5) is 10.5. The largest absolute Gasteiger partial charge is 0.497 e. The Kier molecular flexibility index (Phi) is 4.81. The van der Waals surface area contributed by atoms with E-state index < -0.39 is 5.97 Å². The van der Waals surface area contributed by atoms with E-state index in [1.54, 1.807) is 31.4 Å². The molecular weight excluding hydrogens is 220 g/mol. The van der Waals surface area contributed by atoms with Gasteiger partial charge in [-0.2, -0.15) is 0 Å². The Morgan fingerprint density at radius 3 is 2.88 bits per heavy atom. The topological polar surface area (TPSA) is 55.8 Å². The van der Waals surface area contributed by atoms with E-state index in [-0.39, 0.29) is 0 Å². The zero-order valence-electron chi connectivity index (χ0n) is 9.55. The summed E-state index contributed by atoms with van der Waals surface area (Å²) in [5, 5.41) is 8.57. The summed E-state index contributed by atoms with van der Waals surface area (Å²) in [5.74, 6) is 0.203. The van der Waals surface area contributed by atoms with Crippen molar-refractivity contribution in [3.05, 3.63) is 42.5 Å². The molecule has 1 rings (SSSR count). The van der Waals surface area contributed by atoms with E-state index in [9.17, 15) is 4.79 Å². The highest BCUT2D eigenvalue weighted by Crippen LogP contribution is 2.26. The van der Waals surface area contributed by atoms with Crippen LogP contribution in [0.4, 0.5) is 0 Å². The van der Waals surface area contributed by atoms with Crippen LogP contribution >= 0.6 is 0 Å². The van der Waals surface area contributed by atoms with Crippen molar-refractivity contribution in [2.45, 2.75) is 0 Å². The molecular formula is C13H14O4. The number of hydrogen-bond donors (Lipinski definition) is 1. The molecule has 0 fully saturated rings. The van der Waals surface area contributed by atoms with E-state index in [1.807, 2.05) is 0 Å². The third-order valence-electron chi connectivity index (χ3n) is 1.98. The normalized spacial score (nSPS) is 10.2. The van der Waals surface area contributed by atoms with Crippen molar-refractivity contribution in [3.63, 3.8) is 0 Å². The van der Waals surface area contributed by atoms with E-state index in [1.165, 1.54) is 6.08 Å². The minimum atomic E-state index is -1.00. The zero-order valence-corrected chi connectivity index (χ0v) is 9.55. The second kappa shape index (κ2) is 6.37. The predicted molar refractivity (Wildman–Crippen MR) is 65.4 cm³/mol. The molecule has 0 unspecified atom stereocenters. The van der Waals surface area contributed by atoms with Crippen LogP contribution in [0.25, 0.3) is 6.08 Å². The minimum absolute atomic E-state index is 0.348. The van der Waals surface area contributed by atoms with E-state index in [0.717, 1.165) is 6.08 Å². The third kappa shape index (κ3) is 4.03. The van der Waals surface area contributed by atoms with Crippen molar-refractivity contribution in [1.29, 1.82) is 0 Å². The van der Waals surface area contributed by atoms with Crippen LogP contribution in [-0.2, 0) is 4.79 Å². The highest BCUT2D eigenvalue weighted by Gasteiger charge is 2.03. The van der Waals surface area contributed by atoms with Gasteiger partial charge in [0.2, 0.25) is 0 Å². The van der Waals surface area contributed by atoms with Crippen LogP contribution in [0.5, 0.6) is 11.5 Å². The van der Waals surface area contributed by atoms with Crippen LogP contribution in [-0.4, -0.2) is 24.8 Å². The van der Waals surface area contributed by atoms with Crippen LogP contribution in [0.15, 0.2) is 36.9 Å². The molecule has 0 aliphatic rings. The lowest BCUT2D eigenvalue weighted by Gasteiger charge is -2.09. The van der Waals surface area contributed by atoms with Gasteiger partial charge in [0.25, 0.3) is 0 Å². The first-order chi connectivity index (χ1) is 8.17. The SMILES string of the molecule is C=CCOc1cc(OC)ccc1C=CC(=O)O. The second-order valence-electron chi connectivity index (χ2n) is 3.18. The Morgan fingerprint density at radius 1 is 1.53 bits per heavy atom. The molecule has 4 heteroatoms. The molecule has 1 aromatic carbocycles. The highest BCUT2D eigenvalue weighted by atomic mass is 16.5. The van der Waals surface area contributed by atoms with Gasteiger partial charge >= 0.3 is 5.97 Å². The molecule has 0 spiro atoms. The Bertz CT molecular complexity index is 435. The van der Waals surface area contributed by atoms with E-state index in [2.05, 4.69) is 6.58 Å². The second-order valence-corrected chi connectivity index (χ2v) is 3.18. The smallest absolute Gasteiger partial charge is 0.328 e. The Hall–Kier alpha value is -2.23. The molecule has 17 heavy (non-hydrogen) atoms. The van der Waals surface area contributed by atoms with Crippen LogP contribution in [0.3, 0.4) is 0 Å². The summed E-state index contributed by atoms with van der Waals surface area (Å²) < 4.78 is 10.5. The minimum Gasteiger partial charge on any atom is -0.497 e. The molecule has 4 nitrogen and oxygen atoms in total. The number of carbonyl (C=O) groups is 1. The number of carboxylic acid groups (broad SMARTS) is 1. The third-order valence-corrected chi connectivity index (χ3v) is 1.98. The number of ether oxygens (including phenoxy) is 2. The fraction of sp³-hybridized carbons (Fsp3) is 0.154. The molecule has 0 saturated heterocycles. The number of hydrogen-bond acceptors (Lipinski definition) is 3. The van der Waals surface area contributed by atoms with Crippen LogP contribution in [0.1, 0.15) is 5.56 Å². The van der Waals surface area contributed by atoms with Crippen molar-refractivity contribution in [2.24, 2.45) is 0 Å². The first kappa shape index (κ1) is 12.8. The first-order valence-electron chi connectivity index (χ1n) is 5.00. The Balaban J connectivity index is 3.00. The van der Waals surface area contributed by atoms with Crippen molar-refractivity contribution >= 4 is 12.0 Å². The van der Waals surface area contributed by atoms with Crippen molar-refractivity contribution in [1.82, 2.24) is 0 Å². The predicted octanol–water partition coefficient (Wildman–Crippen LogP) is 2.36. The summed E-state index contributed by atoms with van der Waals surface area (Å²) in [6, 6.07) is 5.17. The number of aliphatic carboxylic acids is 1. The molecule has 0 bridgehead atoms. The fourth-order valence-corrected chi connectivity index (χ4v) is 1.21. The van der Waals surface area contributed by atoms with Gasteiger partial charge in [-0.1, -0.05) is 12.7 Å². The van der Waals surface area contributed by atoms with Crippen molar-refractivity contribution in [2.75, 3.05) is 13.7 Å². The Morgan fingerprint density at radius 2 is 2.29 bits per heavy atom. The van der Waals surface area contributed by atoms with Crippen molar-refractivity contribution < 1.29 is 19.4 Å². The molecule has 0 aliphatic carbocycles. The van der Waals surface area contributed by atoms with E-state index in [4.69, 9.17) is 14.6 Å². The quantitative estimate of drug-likeness (QED) is 0.606. The lowest BCUT2D eigenvalue weighted by atomic mass is 10.1. The summed E-state index contributed by atoms with van der Waals surface area (Å²) in [6.45, 7) is 3.90. The molecule has 0 amide bonds. The lowest BCUT2D eigenvalue weighted by Crippen LogP contribution is -1.96. The van der Waals surface area contributed by atoms with Crippen LogP contribution in [0, 0.1) is 0 Å². The van der Waals surface area contributed by atoms with Gasteiger partial charge in [0.1, 0.15) is 18.1 Å². The fourth-order valence-electron chi connectivity index (χ4n) is 1.21. The maximum Gasteiger partial charge on any atom is 0.328 e. The van der Waals surface area contributed by atoms with Crippen LogP contribution in [0.2, 0.25) is 0 Å². The summed E-state index contributed by atoms with van der Waals surface area (Å²) >= 11 is 0. The summed E-state index contributed by atoms with van der Waals surface area (Å²) in [5.41, 5.74) is 0.676. The van der Waals surface area contributed by atoms with Gasteiger partial charge in [-0.15, -0.1) is 0 Å². The monoisotopic (exact) mass is 234 g/mol. The molecule has 0 radical (unpaired) electrons. The average Bonchev–Trinajstić information content (AvgIpc) is 2.34. The molecule has 0 aromatic heterocycles. The molecule has 0 heterocycles. The number of methoxy groups -OCH3 is 1. The van der Waals surface area contributed by atoms with Gasteiger partial charge in [0, 0.05) is 17.7 Å². The summed E-state index contributed by atoms with van der Waals surface area (Å²) in [7, 11) is 1.55. The van der Waals surface area contributed by atoms with Crippen LogP contribution < -0.4 is 9.47 Å². The molecule has 1 aromatic rings. The van der Waals surface area contributed by atoms with Gasteiger partial charge in [-0.25, -0.2) is 4.79 Å². The Labute approximate surface area is 99.8 Å². The summed E-state index contributed by atoms with van der Waals surface area (Å²) in [6.07, 6.45) is 4.15. The molecule has 0 atom stereocenters. The average molecular weight is 234 g/mol. The first-order valence-corrected chi connectivity index (χ1v) is 5.00. The highest BCUT2D eigenvalue weighted by molar-refractivity contribution is 5.86. The molecule has 1 N–H and O–H groups in total. The van der Waals surface area contributed by atoms with Crippen molar-refractivity contribution in [3.8, 4) is 11.5 Å². The maximum atomic E-state index is 10.5. The van der Waals surface area contributed by atoms with E-state index >= 15 is 0 Å². The van der Waals surface area contributed by atoms with Gasteiger partial charge in [0.15, 0.2) is 0 Å². The van der Waals surface area contributed by atoms with E-state index in [0.29, 0.717) is 23.7 Å². The number of carboxylic acids is 1. The van der Waals surface area contributed by atoms with Gasteiger partial charge in [0.05, 0.1) is 7.11 Å². The molecule has 0 saturated carbocycles. The molecule has 0 aliphatic heterocycles. The van der Waals surface area contributed by atoms with Gasteiger partial charge < -0.3 is 14.6 Å². The molecule has 90 valence electrons. The maximum absolute atomic E-state index is 10.5. The zero-order chi connectivity index (χ0) is 12.7.